The van der Waals surface area contributed by atoms with Gasteiger partial charge in [0.1, 0.15) is 6.26 Å². The van der Waals surface area contributed by atoms with Gasteiger partial charge in [0, 0.05) is 34.6 Å². The standard InChI is InChI=1S/C21H17ClN2O2/c22-19-7-3-1-5-15(19)17(12-24-21(25)14-9-10-26-13-14)18-11-23-20-8-4-2-6-16(18)20/h1-11,13,17,23H,12H2,(H,24,25). The molecule has 2 aromatic heterocycles. The topological polar surface area (TPSA) is 58.0 Å². The number of hydrogen-bond acceptors (Lipinski definition) is 2. The number of para-hydroxylation sites is 1. The first-order valence-corrected chi connectivity index (χ1v) is 8.72. The Labute approximate surface area is 155 Å². The van der Waals surface area contributed by atoms with Crippen molar-refractivity contribution < 1.29 is 9.21 Å². The Bertz CT molecular complexity index is 1040. The van der Waals surface area contributed by atoms with Crippen molar-refractivity contribution >= 4 is 28.4 Å². The molecule has 0 aliphatic carbocycles. The number of amides is 1. The fraction of sp³-hybridized carbons (Fsp3) is 0.0952. The molecule has 0 aliphatic rings. The molecule has 5 heteroatoms. The van der Waals surface area contributed by atoms with E-state index in [-0.39, 0.29) is 11.8 Å². The lowest BCUT2D eigenvalue weighted by Crippen LogP contribution is -2.28. The molecule has 0 radical (unpaired) electrons. The molecule has 26 heavy (non-hydrogen) atoms. The van der Waals surface area contributed by atoms with E-state index in [1.165, 1.54) is 12.5 Å². The maximum absolute atomic E-state index is 12.3. The number of rotatable bonds is 5. The zero-order valence-corrected chi connectivity index (χ0v) is 14.7. The van der Waals surface area contributed by atoms with Crippen LogP contribution in [0.4, 0.5) is 0 Å². The van der Waals surface area contributed by atoms with E-state index in [9.17, 15) is 4.79 Å². The van der Waals surface area contributed by atoms with E-state index in [1.807, 2.05) is 48.7 Å². The highest BCUT2D eigenvalue weighted by Crippen LogP contribution is 2.34. The molecule has 1 unspecified atom stereocenters. The lowest BCUT2D eigenvalue weighted by molar-refractivity contribution is 0.0952. The van der Waals surface area contributed by atoms with Crippen LogP contribution in [0.15, 0.2) is 77.7 Å². The summed E-state index contributed by atoms with van der Waals surface area (Å²) in [6, 6.07) is 17.5. The summed E-state index contributed by atoms with van der Waals surface area (Å²) >= 11 is 6.46. The van der Waals surface area contributed by atoms with Crippen molar-refractivity contribution in [3.63, 3.8) is 0 Å². The van der Waals surface area contributed by atoms with E-state index in [2.05, 4.69) is 16.4 Å². The van der Waals surface area contributed by atoms with Gasteiger partial charge in [0.05, 0.1) is 11.8 Å². The van der Waals surface area contributed by atoms with E-state index in [0.717, 1.165) is 22.0 Å². The van der Waals surface area contributed by atoms with Crippen molar-refractivity contribution in [2.75, 3.05) is 6.54 Å². The number of fused-ring (bicyclic) bond motifs is 1. The summed E-state index contributed by atoms with van der Waals surface area (Å²) in [7, 11) is 0. The molecule has 4 aromatic rings. The van der Waals surface area contributed by atoms with E-state index < -0.39 is 0 Å². The zero-order valence-electron chi connectivity index (χ0n) is 13.9. The average Bonchev–Trinajstić information content (AvgIpc) is 3.33. The number of carbonyl (C=O) groups is 1. The number of aromatic nitrogens is 1. The van der Waals surface area contributed by atoms with Crippen LogP contribution >= 0.6 is 11.6 Å². The molecule has 4 rings (SSSR count). The molecular formula is C21H17ClN2O2. The summed E-state index contributed by atoms with van der Waals surface area (Å²) in [5.74, 6) is -0.244. The van der Waals surface area contributed by atoms with Gasteiger partial charge in [-0.2, -0.15) is 0 Å². The van der Waals surface area contributed by atoms with Crippen LogP contribution in [-0.4, -0.2) is 17.4 Å². The fourth-order valence-electron chi connectivity index (χ4n) is 3.22. The van der Waals surface area contributed by atoms with Crippen molar-refractivity contribution in [2.45, 2.75) is 5.92 Å². The SMILES string of the molecule is O=C(NCC(c1ccccc1Cl)c1c[nH]c2ccccc12)c1ccoc1. The molecule has 0 saturated carbocycles. The molecule has 2 heterocycles. The predicted molar refractivity (Wildman–Crippen MR) is 103 cm³/mol. The first-order chi connectivity index (χ1) is 12.7. The largest absolute Gasteiger partial charge is 0.472 e. The molecule has 1 amide bonds. The lowest BCUT2D eigenvalue weighted by Gasteiger charge is -2.19. The molecule has 1 atom stereocenters. The number of carbonyl (C=O) groups excluding carboxylic acids is 1. The van der Waals surface area contributed by atoms with Crippen LogP contribution in [0.2, 0.25) is 5.02 Å². The Morgan fingerprint density at radius 2 is 1.88 bits per heavy atom. The van der Waals surface area contributed by atoms with Gasteiger partial charge in [-0.1, -0.05) is 48.0 Å². The fourth-order valence-corrected chi connectivity index (χ4v) is 3.49. The third-order valence-electron chi connectivity index (χ3n) is 4.53. The van der Waals surface area contributed by atoms with Crippen LogP contribution in [0.1, 0.15) is 27.4 Å². The highest BCUT2D eigenvalue weighted by atomic mass is 35.5. The average molecular weight is 365 g/mol. The quantitative estimate of drug-likeness (QED) is 0.525. The monoisotopic (exact) mass is 364 g/mol. The second-order valence-electron chi connectivity index (χ2n) is 6.09. The number of halogens is 1. The van der Waals surface area contributed by atoms with Gasteiger partial charge in [-0.05, 0) is 29.3 Å². The van der Waals surface area contributed by atoms with Crippen molar-refractivity contribution in [2.24, 2.45) is 0 Å². The Kier molecular flexibility index (Phi) is 4.50. The van der Waals surface area contributed by atoms with Crippen LogP contribution in [-0.2, 0) is 0 Å². The first-order valence-electron chi connectivity index (χ1n) is 8.35. The highest BCUT2D eigenvalue weighted by molar-refractivity contribution is 6.31. The van der Waals surface area contributed by atoms with Crippen LogP contribution < -0.4 is 5.32 Å². The number of nitrogens with one attached hydrogen (secondary N) is 2. The summed E-state index contributed by atoms with van der Waals surface area (Å²) in [6.07, 6.45) is 4.91. The molecular weight excluding hydrogens is 348 g/mol. The molecule has 0 bridgehead atoms. The van der Waals surface area contributed by atoms with Gasteiger partial charge in [-0.15, -0.1) is 0 Å². The van der Waals surface area contributed by atoms with Crippen LogP contribution in [0.3, 0.4) is 0 Å². The number of aromatic amines is 1. The van der Waals surface area contributed by atoms with Crippen molar-refractivity contribution in [1.82, 2.24) is 10.3 Å². The van der Waals surface area contributed by atoms with Gasteiger partial charge in [0.15, 0.2) is 0 Å². The minimum absolute atomic E-state index is 0.0734. The minimum atomic E-state index is -0.171. The molecule has 0 saturated heterocycles. The lowest BCUT2D eigenvalue weighted by atomic mass is 9.90. The molecule has 2 N–H and O–H groups in total. The summed E-state index contributed by atoms with van der Waals surface area (Å²) in [6.45, 7) is 0.426. The third kappa shape index (κ3) is 3.11. The smallest absolute Gasteiger partial charge is 0.254 e. The third-order valence-corrected chi connectivity index (χ3v) is 4.87. The van der Waals surface area contributed by atoms with Crippen molar-refractivity contribution in [3.05, 3.63) is 95.0 Å². The normalized spacial score (nSPS) is 12.2. The second-order valence-corrected chi connectivity index (χ2v) is 6.49. The van der Waals surface area contributed by atoms with Gasteiger partial charge in [-0.25, -0.2) is 0 Å². The molecule has 130 valence electrons. The number of furan rings is 1. The summed E-state index contributed by atoms with van der Waals surface area (Å²) in [5.41, 5.74) is 3.63. The van der Waals surface area contributed by atoms with E-state index in [4.69, 9.17) is 16.0 Å². The minimum Gasteiger partial charge on any atom is -0.472 e. The van der Waals surface area contributed by atoms with Crippen molar-refractivity contribution in [3.8, 4) is 0 Å². The van der Waals surface area contributed by atoms with Crippen LogP contribution in [0, 0.1) is 0 Å². The van der Waals surface area contributed by atoms with Crippen LogP contribution in [0.25, 0.3) is 10.9 Å². The molecule has 0 fully saturated rings. The van der Waals surface area contributed by atoms with Gasteiger partial charge in [0.25, 0.3) is 5.91 Å². The van der Waals surface area contributed by atoms with E-state index >= 15 is 0 Å². The van der Waals surface area contributed by atoms with Gasteiger partial charge in [0.2, 0.25) is 0 Å². The number of H-pyrrole nitrogens is 1. The van der Waals surface area contributed by atoms with Crippen LogP contribution in [0.5, 0.6) is 0 Å². The first kappa shape index (κ1) is 16.5. The Morgan fingerprint density at radius 3 is 2.69 bits per heavy atom. The Morgan fingerprint density at radius 1 is 1.08 bits per heavy atom. The molecule has 4 nitrogen and oxygen atoms in total. The summed E-state index contributed by atoms with van der Waals surface area (Å²) < 4.78 is 4.99. The Hall–Kier alpha value is -2.98. The molecule has 0 aliphatic heterocycles. The zero-order chi connectivity index (χ0) is 17.9. The van der Waals surface area contributed by atoms with Crippen molar-refractivity contribution in [1.29, 1.82) is 0 Å². The van der Waals surface area contributed by atoms with E-state index in [0.29, 0.717) is 17.1 Å². The van der Waals surface area contributed by atoms with Gasteiger partial charge in [-0.3, -0.25) is 4.79 Å². The van der Waals surface area contributed by atoms with E-state index in [1.54, 1.807) is 6.07 Å². The molecule has 0 spiro atoms. The maximum Gasteiger partial charge on any atom is 0.254 e. The number of benzene rings is 2. The Balaban J connectivity index is 1.70. The predicted octanol–water partition coefficient (Wildman–Crippen LogP) is 4.98. The highest BCUT2D eigenvalue weighted by Gasteiger charge is 2.21. The van der Waals surface area contributed by atoms with Gasteiger partial charge >= 0.3 is 0 Å². The summed E-state index contributed by atoms with van der Waals surface area (Å²) in [5, 5.41) is 4.79. The maximum atomic E-state index is 12.3. The number of hydrogen-bond donors (Lipinski definition) is 2. The second kappa shape index (κ2) is 7.10. The van der Waals surface area contributed by atoms with Gasteiger partial charge < -0.3 is 14.7 Å². The molecule has 2 aromatic carbocycles. The summed E-state index contributed by atoms with van der Waals surface area (Å²) in [4.78, 5) is 15.7.